The van der Waals surface area contributed by atoms with Gasteiger partial charge in [-0.2, -0.15) is 26.3 Å². The number of rotatable bonds is 6. The van der Waals surface area contributed by atoms with Crippen LogP contribution in [0.1, 0.15) is 12.8 Å². The lowest BCUT2D eigenvalue weighted by Gasteiger charge is -2.40. The summed E-state index contributed by atoms with van der Waals surface area (Å²) in [5, 5.41) is 17.1. The van der Waals surface area contributed by atoms with Gasteiger partial charge in [0.05, 0.1) is 0 Å². The second kappa shape index (κ2) is 11.1. The van der Waals surface area contributed by atoms with Gasteiger partial charge in [0, 0.05) is 48.6 Å². The van der Waals surface area contributed by atoms with Crippen LogP contribution in [0.2, 0.25) is 0 Å². The number of carboxylic acid groups (broad SMARTS) is 2. The average molecular weight is 530 g/mol. The van der Waals surface area contributed by atoms with Crippen molar-refractivity contribution >= 4 is 35.2 Å². The number of halogens is 6. The number of amides is 2. The summed E-state index contributed by atoms with van der Waals surface area (Å²) in [7, 11) is 0. The molecule has 0 fully saturated rings. The van der Waals surface area contributed by atoms with Crippen LogP contribution in [0, 0.1) is 5.41 Å². The first-order valence-electron chi connectivity index (χ1n) is 10.0. The summed E-state index contributed by atoms with van der Waals surface area (Å²) in [6.07, 6.45) is -6.94. The first-order valence-corrected chi connectivity index (χ1v) is 10.0. The lowest BCUT2D eigenvalue weighted by atomic mass is 9.69. The summed E-state index contributed by atoms with van der Waals surface area (Å²) >= 11 is 0. The van der Waals surface area contributed by atoms with E-state index in [4.69, 9.17) is 10.2 Å². The number of alkyl halides is 6. The van der Waals surface area contributed by atoms with E-state index >= 15 is 0 Å². The first-order chi connectivity index (χ1) is 17.1. The predicted molar refractivity (Wildman–Crippen MR) is 117 cm³/mol. The van der Waals surface area contributed by atoms with Crippen LogP contribution in [0.5, 0.6) is 0 Å². The van der Waals surface area contributed by atoms with Gasteiger partial charge in [-0.25, -0.2) is 19.6 Å². The van der Waals surface area contributed by atoms with Gasteiger partial charge in [-0.3, -0.25) is 9.59 Å². The molecule has 0 unspecified atom stereocenters. The Morgan fingerprint density at radius 1 is 0.676 bits per heavy atom. The fraction of sp³-hybridized carbons (Fsp3) is 0.217. The van der Waals surface area contributed by atoms with Crippen LogP contribution in [0.25, 0.3) is 0 Å². The molecular formula is C23H16F6N2O6. The molecule has 0 atom stereocenters. The molecule has 0 heterocycles. The van der Waals surface area contributed by atoms with Crippen LogP contribution in [0.4, 0.5) is 26.3 Å². The van der Waals surface area contributed by atoms with Crippen LogP contribution in [-0.4, -0.2) is 57.7 Å². The van der Waals surface area contributed by atoms with E-state index in [2.05, 4.69) is 9.98 Å². The van der Waals surface area contributed by atoms with E-state index in [9.17, 15) is 45.5 Å². The zero-order valence-corrected chi connectivity index (χ0v) is 18.4. The minimum Gasteiger partial charge on any atom is -0.478 e. The highest BCUT2D eigenvalue weighted by molar-refractivity contribution is 6.09. The van der Waals surface area contributed by atoms with Gasteiger partial charge in [-0.05, 0) is 23.3 Å². The van der Waals surface area contributed by atoms with Gasteiger partial charge >= 0.3 is 24.3 Å². The Bertz CT molecular complexity index is 1150. The van der Waals surface area contributed by atoms with Crippen LogP contribution in [0.3, 0.4) is 0 Å². The smallest absolute Gasteiger partial charge is 0.411 e. The molecule has 0 saturated carbocycles. The Labute approximate surface area is 204 Å². The monoisotopic (exact) mass is 530 g/mol. The molecule has 2 aliphatic carbocycles. The molecule has 0 aromatic carbocycles. The number of aliphatic carboxylic acids is 2. The van der Waals surface area contributed by atoms with Gasteiger partial charge in [-0.15, -0.1) is 0 Å². The summed E-state index contributed by atoms with van der Waals surface area (Å²) in [4.78, 5) is 51.3. The lowest BCUT2D eigenvalue weighted by molar-refractivity contribution is -0.308. The zero-order chi connectivity index (χ0) is 28.0. The molecule has 2 rings (SSSR count). The molecule has 14 heteroatoms. The molecule has 2 aliphatic rings. The maximum atomic E-state index is 14.4. The molecule has 0 aromatic rings. The van der Waals surface area contributed by atoms with Crippen molar-refractivity contribution in [3.8, 4) is 0 Å². The van der Waals surface area contributed by atoms with Crippen molar-refractivity contribution in [2.24, 2.45) is 15.4 Å². The van der Waals surface area contributed by atoms with Gasteiger partial charge in [0.1, 0.15) is 0 Å². The van der Waals surface area contributed by atoms with Crippen LogP contribution < -0.4 is 0 Å². The molecule has 196 valence electrons. The minimum atomic E-state index is -5.98. The van der Waals surface area contributed by atoms with Gasteiger partial charge in [0.25, 0.3) is 11.8 Å². The fourth-order valence-electron chi connectivity index (χ4n) is 3.43. The van der Waals surface area contributed by atoms with Crippen molar-refractivity contribution in [2.45, 2.75) is 25.2 Å². The predicted octanol–water partition coefficient (Wildman–Crippen LogP) is 4.09. The maximum absolute atomic E-state index is 14.4. The Balaban J connectivity index is 2.72. The van der Waals surface area contributed by atoms with E-state index in [1.54, 1.807) is 0 Å². The number of nitrogens with zero attached hydrogens (tertiary/aromatic N) is 2. The molecule has 0 bridgehead atoms. The average Bonchev–Trinajstić information content (AvgIpc) is 2.75. The second-order valence-electron chi connectivity index (χ2n) is 7.38. The molecule has 0 aliphatic heterocycles. The molecule has 2 N–H and O–H groups in total. The zero-order valence-electron chi connectivity index (χ0n) is 18.4. The minimum absolute atomic E-state index is 0.312. The van der Waals surface area contributed by atoms with Crippen LogP contribution >= 0.6 is 0 Å². The highest BCUT2D eigenvalue weighted by Gasteiger charge is 2.73. The summed E-state index contributed by atoms with van der Waals surface area (Å²) in [6, 6.07) is 0. The third-order valence-electron chi connectivity index (χ3n) is 4.85. The standard InChI is InChI=1S/C23H16F6N2O6/c24-22(25,26)21(23(27,28)29,13-3-1-5-15(11-13)30-17(32)7-9-19(34)35)14-4-2-6-16(12-14)31-18(33)8-10-20(36)37/h1-4,7-12H,5-6H2,(H,34,35)(H,36,37). The molecule has 0 saturated heterocycles. The molecule has 37 heavy (non-hydrogen) atoms. The van der Waals surface area contributed by atoms with Crippen LogP contribution in [-0.2, 0) is 19.2 Å². The van der Waals surface area contributed by atoms with E-state index in [0.717, 1.165) is 12.2 Å². The first kappa shape index (κ1) is 28.9. The number of allylic oxidation sites excluding steroid dienone is 8. The number of aliphatic imine (C=N–C) groups is 2. The Morgan fingerprint density at radius 3 is 1.32 bits per heavy atom. The van der Waals surface area contributed by atoms with Crippen molar-refractivity contribution in [3.63, 3.8) is 0 Å². The quantitative estimate of drug-likeness (QED) is 0.393. The molecule has 0 spiro atoms. The molecule has 0 aromatic heterocycles. The SMILES string of the molecule is O=C(O)C=CC(=O)N=C1C=C(C(C2=CC(=NC(=O)C=CC(=O)O)CC=C2)(C(F)(F)F)C(F)(F)F)C=CC1. The number of hydrogen-bond acceptors (Lipinski definition) is 4. The lowest BCUT2D eigenvalue weighted by Crippen LogP contribution is -2.53. The normalized spacial score (nSPS) is 19.0. The molecule has 0 radical (unpaired) electrons. The largest absolute Gasteiger partial charge is 0.478 e. The van der Waals surface area contributed by atoms with Crippen LogP contribution in [0.15, 0.2) is 81.9 Å². The Morgan fingerprint density at radius 2 is 1.03 bits per heavy atom. The molecule has 8 nitrogen and oxygen atoms in total. The summed E-state index contributed by atoms with van der Waals surface area (Å²) < 4.78 is 86.4. The van der Waals surface area contributed by atoms with E-state index in [0.29, 0.717) is 48.6 Å². The number of hydrogen-bond donors (Lipinski definition) is 2. The summed E-state index contributed by atoms with van der Waals surface area (Å²) in [5.74, 6) is -5.47. The highest BCUT2D eigenvalue weighted by atomic mass is 19.4. The third kappa shape index (κ3) is 6.86. The van der Waals surface area contributed by atoms with Gasteiger partial charge in [-0.1, -0.05) is 24.3 Å². The number of carbonyl (C=O) groups excluding carboxylic acids is 2. The van der Waals surface area contributed by atoms with E-state index in [1.165, 1.54) is 0 Å². The summed E-state index contributed by atoms with van der Waals surface area (Å²) in [6.45, 7) is 0. The van der Waals surface area contributed by atoms with Gasteiger partial charge < -0.3 is 10.2 Å². The van der Waals surface area contributed by atoms with Crippen molar-refractivity contribution in [1.82, 2.24) is 0 Å². The Kier molecular flexibility index (Phi) is 8.69. The van der Waals surface area contributed by atoms with Crippen molar-refractivity contribution in [1.29, 1.82) is 0 Å². The molecule has 2 amide bonds. The van der Waals surface area contributed by atoms with Crippen molar-refractivity contribution in [2.75, 3.05) is 0 Å². The number of carboxylic acids is 2. The van der Waals surface area contributed by atoms with Crippen molar-refractivity contribution < 1.29 is 55.7 Å². The molecular weight excluding hydrogens is 514 g/mol. The Hall–Kier alpha value is -4.36. The second-order valence-corrected chi connectivity index (χ2v) is 7.38. The summed E-state index contributed by atoms with van der Waals surface area (Å²) in [5.41, 5.74) is -8.27. The third-order valence-corrected chi connectivity index (χ3v) is 4.85. The highest BCUT2D eigenvalue weighted by Crippen LogP contribution is 2.60. The van der Waals surface area contributed by atoms with E-state index < -0.39 is 64.1 Å². The number of carbonyl (C=O) groups is 4. The van der Waals surface area contributed by atoms with Gasteiger partial charge in [0.15, 0.2) is 0 Å². The fourth-order valence-corrected chi connectivity index (χ4v) is 3.43. The maximum Gasteiger partial charge on any atom is 0.411 e. The van der Waals surface area contributed by atoms with E-state index in [1.807, 2.05) is 0 Å². The topological polar surface area (TPSA) is 133 Å². The van der Waals surface area contributed by atoms with Crippen molar-refractivity contribution in [3.05, 3.63) is 71.9 Å². The van der Waals surface area contributed by atoms with Gasteiger partial charge in [0.2, 0.25) is 5.41 Å². The van der Waals surface area contributed by atoms with E-state index in [-0.39, 0.29) is 12.8 Å².